The summed E-state index contributed by atoms with van der Waals surface area (Å²) in [6.45, 7) is 2.38. The average molecular weight is 497 g/mol. The lowest BCUT2D eigenvalue weighted by Gasteiger charge is -2.61. The molecule has 3 aliphatic carbocycles. The van der Waals surface area contributed by atoms with Crippen molar-refractivity contribution in [3.8, 4) is 0 Å². The molecule has 2 aliphatic heterocycles. The Hall–Kier alpha value is -1.70. The number of oxazole rings is 1. The van der Waals surface area contributed by atoms with Crippen LogP contribution in [0.3, 0.4) is 0 Å². The lowest BCUT2D eigenvalue weighted by molar-refractivity contribution is -0.199. The van der Waals surface area contributed by atoms with Crippen molar-refractivity contribution in [3.05, 3.63) is 47.9 Å². The van der Waals surface area contributed by atoms with E-state index in [1.165, 1.54) is 17.5 Å². The number of hydrogen-bond donors (Lipinski definition) is 2. The number of likely N-dealkylation sites (N-methyl/N-ethyl adjacent to an activating group) is 1. The summed E-state index contributed by atoms with van der Waals surface area (Å²) in [6.07, 6.45) is 9.18. The Morgan fingerprint density at radius 2 is 1.97 bits per heavy atom. The van der Waals surface area contributed by atoms with E-state index in [1.54, 1.807) is 0 Å². The highest BCUT2D eigenvalue weighted by atomic mass is 35.5. The Bertz CT molecular complexity index is 1290. The Balaban J connectivity index is 1.31. The number of aliphatic hydroxyl groups excluding tert-OH is 2. The van der Waals surface area contributed by atoms with Crippen molar-refractivity contribution in [2.75, 3.05) is 14.1 Å². The predicted molar refractivity (Wildman–Crippen MR) is 134 cm³/mol. The highest BCUT2D eigenvalue weighted by Gasteiger charge is 2.73. The molecule has 3 fully saturated rings. The van der Waals surface area contributed by atoms with Crippen LogP contribution in [-0.4, -0.2) is 68.5 Å². The molecule has 7 rings (SSSR count). The lowest BCUT2D eigenvalue weighted by atomic mass is 9.54. The van der Waals surface area contributed by atoms with Gasteiger partial charge in [-0.3, -0.25) is 0 Å². The maximum atomic E-state index is 11.2. The smallest absolute Gasteiger partial charge is 0.181 e. The van der Waals surface area contributed by atoms with Crippen molar-refractivity contribution in [1.29, 1.82) is 0 Å². The van der Waals surface area contributed by atoms with Gasteiger partial charge in [-0.25, -0.2) is 4.98 Å². The normalized spacial score (nSPS) is 46.3. The number of benzene rings is 1. The maximum absolute atomic E-state index is 11.2. The van der Waals surface area contributed by atoms with Gasteiger partial charge in [0.15, 0.2) is 12.0 Å². The van der Waals surface area contributed by atoms with Crippen molar-refractivity contribution in [2.24, 2.45) is 11.3 Å². The third-order valence-corrected chi connectivity index (χ3v) is 10.9. The fourth-order valence-corrected chi connectivity index (χ4v) is 8.93. The van der Waals surface area contributed by atoms with E-state index in [1.807, 2.05) is 25.1 Å². The van der Waals surface area contributed by atoms with Crippen molar-refractivity contribution in [2.45, 2.75) is 79.8 Å². The van der Waals surface area contributed by atoms with Gasteiger partial charge in [0.2, 0.25) is 0 Å². The third kappa shape index (κ3) is 2.67. The quantitative estimate of drug-likeness (QED) is 0.477. The molecule has 1 aromatic carbocycles. The van der Waals surface area contributed by atoms with E-state index in [9.17, 15) is 10.2 Å². The number of alkyl halides is 1. The summed E-state index contributed by atoms with van der Waals surface area (Å²) in [4.78, 5) is 5.70. The highest BCUT2D eigenvalue weighted by Crippen LogP contribution is 2.71. The van der Waals surface area contributed by atoms with E-state index < -0.39 is 28.3 Å². The number of halogens is 1. The van der Waals surface area contributed by atoms with E-state index in [0.29, 0.717) is 6.42 Å². The number of hydrogen-bond acceptors (Lipinski definition) is 6. The van der Waals surface area contributed by atoms with Crippen LogP contribution in [0, 0.1) is 11.3 Å². The second kappa shape index (κ2) is 6.99. The summed E-state index contributed by atoms with van der Waals surface area (Å²) in [5.41, 5.74) is 3.89. The second-order valence-electron chi connectivity index (χ2n) is 12.0. The zero-order chi connectivity index (χ0) is 24.4. The minimum atomic E-state index is -0.956. The van der Waals surface area contributed by atoms with Crippen LogP contribution in [0.4, 0.5) is 0 Å². The van der Waals surface area contributed by atoms with Gasteiger partial charge in [0.1, 0.15) is 11.6 Å². The van der Waals surface area contributed by atoms with Crippen LogP contribution in [0.1, 0.15) is 51.0 Å². The first kappa shape index (κ1) is 22.5. The van der Waals surface area contributed by atoms with E-state index in [4.69, 9.17) is 20.8 Å². The molecule has 8 atom stereocenters. The number of aromatic nitrogens is 1. The third-order valence-electron chi connectivity index (χ3n) is 10.3. The first-order valence-corrected chi connectivity index (χ1v) is 13.2. The molecule has 0 amide bonds. The average Bonchev–Trinajstić information content (AvgIpc) is 3.52. The van der Waals surface area contributed by atoms with Crippen molar-refractivity contribution in [3.63, 3.8) is 0 Å². The standard InChI is InChI=1S/C28H33ClN2O4/c1-25-8-10-27(29)13-18-23(32)24(33)20(31(2)3)14-26(18)9-11-28(27,35-26)22(25)7-5-17(25)16-4-6-21-19(12-16)30-15-34-21/h4-6,12-13,15,20,22-24,32-33H,7-11,14H2,1-3H3/t20-,22?,23+,24+,25+,26+,27?,28-/m0/s1. The highest BCUT2D eigenvalue weighted by molar-refractivity contribution is 6.26. The van der Waals surface area contributed by atoms with Crippen LogP contribution in [0.2, 0.25) is 0 Å². The number of nitrogens with zero attached hydrogens (tertiary/aromatic N) is 2. The molecule has 2 unspecified atom stereocenters. The van der Waals surface area contributed by atoms with Gasteiger partial charge in [-0.05, 0) is 86.9 Å². The molecule has 0 radical (unpaired) electrons. The Morgan fingerprint density at radius 1 is 1.14 bits per heavy atom. The molecule has 7 heteroatoms. The Kier molecular flexibility index (Phi) is 4.49. The largest absolute Gasteiger partial charge is 0.443 e. The van der Waals surface area contributed by atoms with Gasteiger partial charge < -0.3 is 24.3 Å². The molecule has 2 N–H and O–H groups in total. The first-order valence-electron chi connectivity index (χ1n) is 12.8. The van der Waals surface area contributed by atoms with Gasteiger partial charge in [-0.2, -0.15) is 0 Å². The minimum Gasteiger partial charge on any atom is -0.443 e. The molecular weight excluding hydrogens is 464 g/mol. The van der Waals surface area contributed by atoms with Gasteiger partial charge in [-0.15, -0.1) is 11.6 Å². The number of fused-ring (bicyclic) bond motifs is 2. The van der Waals surface area contributed by atoms with Gasteiger partial charge in [0.25, 0.3) is 0 Å². The van der Waals surface area contributed by atoms with Crippen molar-refractivity contribution in [1.82, 2.24) is 9.88 Å². The van der Waals surface area contributed by atoms with Crippen LogP contribution in [-0.2, 0) is 4.74 Å². The zero-order valence-corrected chi connectivity index (χ0v) is 21.3. The number of aliphatic hydroxyl groups is 2. The number of allylic oxidation sites excluding steroid dienone is 2. The van der Waals surface area contributed by atoms with Gasteiger partial charge in [0.05, 0.1) is 22.2 Å². The first-order chi connectivity index (χ1) is 16.6. The van der Waals surface area contributed by atoms with Crippen LogP contribution in [0.15, 0.2) is 46.7 Å². The zero-order valence-electron chi connectivity index (χ0n) is 20.5. The summed E-state index contributed by atoms with van der Waals surface area (Å²) in [7, 11) is 3.92. The summed E-state index contributed by atoms with van der Waals surface area (Å²) < 4.78 is 12.7. The summed E-state index contributed by atoms with van der Waals surface area (Å²) in [5.74, 6) is 0.239. The molecule has 2 bridgehead atoms. The lowest BCUT2D eigenvalue weighted by Crippen LogP contribution is -2.68. The molecule has 186 valence electrons. The SMILES string of the molecule is CN(C)[C@H]1C[C@@]23CC[C@]4(O2)C2CC=C(c5ccc6ocnc6c5)[C@@]2(C)CCC4(Cl)C=C3[C@@H](O)[C@@H]1O. The molecule has 2 spiro atoms. The van der Waals surface area contributed by atoms with Crippen LogP contribution >= 0.6 is 11.6 Å². The van der Waals surface area contributed by atoms with Crippen molar-refractivity contribution >= 4 is 28.3 Å². The molecule has 1 saturated heterocycles. The van der Waals surface area contributed by atoms with Gasteiger partial charge in [0, 0.05) is 12.0 Å². The van der Waals surface area contributed by atoms with E-state index in [-0.39, 0.29) is 17.4 Å². The molecule has 3 heterocycles. The topological polar surface area (TPSA) is 79.0 Å². The van der Waals surface area contributed by atoms with E-state index in [0.717, 1.165) is 48.8 Å². The van der Waals surface area contributed by atoms with Crippen LogP contribution < -0.4 is 0 Å². The second-order valence-corrected chi connectivity index (χ2v) is 12.7. The fourth-order valence-electron chi connectivity index (χ4n) is 8.46. The fraction of sp³-hybridized carbons (Fsp3) is 0.607. The van der Waals surface area contributed by atoms with Crippen molar-refractivity contribution < 1.29 is 19.4 Å². The monoisotopic (exact) mass is 496 g/mol. The molecule has 5 aliphatic rings. The maximum Gasteiger partial charge on any atom is 0.181 e. The summed E-state index contributed by atoms with van der Waals surface area (Å²) in [5, 5.41) is 22.1. The molecule has 6 nitrogen and oxygen atoms in total. The summed E-state index contributed by atoms with van der Waals surface area (Å²) >= 11 is 7.52. The van der Waals surface area contributed by atoms with E-state index >= 15 is 0 Å². The number of rotatable bonds is 2. The molecule has 2 aromatic rings. The van der Waals surface area contributed by atoms with E-state index in [2.05, 4.69) is 36.2 Å². The molecule has 1 aromatic heterocycles. The Labute approximate surface area is 210 Å². The minimum absolute atomic E-state index is 0.0690. The molecule has 35 heavy (non-hydrogen) atoms. The molecule has 2 saturated carbocycles. The number of ether oxygens (including phenoxy) is 1. The molecular formula is C28H33ClN2O4. The summed E-state index contributed by atoms with van der Waals surface area (Å²) in [6, 6.07) is 6.12. The Morgan fingerprint density at radius 3 is 2.77 bits per heavy atom. The van der Waals surface area contributed by atoms with Crippen LogP contribution in [0.5, 0.6) is 0 Å². The van der Waals surface area contributed by atoms with Gasteiger partial charge >= 0.3 is 0 Å². The predicted octanol–water partition coefficient (Wildman–Crippen LogP) is 4.29. The van der Waals surface area contributed by atoms with Crippen LogP contribution in [0.25, 0.3) is 16.7 Å². The van der Waals surface area contributed by atoms with Gasteiger partial charge in [-0.1, -0.05) is 25.1 Å².